The summed E-state index contributed by atoms with van der Waals surface area (Å²) in [4.78, 5) is 19.0. The van der Waals surface area contributed by atoms with E-state index in [-0.39, 0.29) is 18.4 Å². The molecule has 4 aromatic rings. The van der Waals surface area contributed by atoms with Crippen LogP contribution in [-0.2, 0) is 19.5 Å². The highest BCUT2D eigenvalue weighted by Gasteiger charge is 2.26. The van der Waals surface area contributed by atoms with Crippen LogP contribution in [0, 0.1) is 11.8 Å². The van der Waals surface area contributed by atoms with E-state index in [1.165, 1.54) is 24.4 Å². The summed E-state index contributed by atoms with van der Waals surface area (Å²) in [5, 5.41) is 4.76. The van der Waals surface area contributed by atoms with E-state index < -0.39 is 5.95 Å². The van der Waals surface area contributed by atoms with E-state index in [0.717, 1.165) is 28.7 Å². The van der Waals surface area contributed by atoms with E-state index in [1.807, 2.05) is 24.3 Å². The third-order valence-electron chi connectivity index (χ3n) is 6.19. The maximum absolute atomic E-state index is 13.6. The van der Waals surface area contributed by atoms with Crippen LogP contribution in [0.4, 0.5) is 13.6 Å². The number of hydrogen-bond donors (Lipinski definition) is 1. The molecule has 1 amide bonds. The van der Waals surface area contributed by atoms with Crippen molar-refractivity contribution in [3.63, 3.8) is 0 Å². The molecule has 184 valence electrons. The summed E-state index contributed by atoms with van der Waals surface area (Å²) < 4.78 is 28.7. The smallest absolute Gasteiger partial charge is 0.326 e. The minimum atomic E-state index is -0.588. The Morgan fingerprint density at radius 1 is 1.08 bits per heavy atom. The molecule has 9 heteroatoms. The van der Waals surface area contributed by atoms with Gasteiger partial charge in [0.1, 0.15) is 5.82 Å². The average molecular weight is 527 g/mol. The predicted octanol–water partition coefficient (Wildman–Crippen LogP) is 6.45. The number of nitrogens with zero attached hydrogens (tertiary/aromatic N) is 3. The molecule has 0 bridgehead atoms. The number of nitrogens with one attached hydrogen (secondary N) is 1. The molecule has 5 nitrogen and oxygen atoms in total. The third-order valence-corrected chi connectivity index (χ3v) is 6.64. The number of carbonyl (C=O) groups excluding carboxylic acids is 1. The molecule has 0 fully saturated rings. The average Bonchev–Trinajstić information content (AvgIpc) is 3.15. The van der Waals surface area contributed by atoms with Gasteiger partial charge in [0, 0.05) is 59.9 Å². The Kier molecular flexibility index (Phi) is 7.05. The van der Waals surface area contributed by atoms with Gasteiger partial charge in [0.25, 0.3) is 0 Å². The van der Waals surface area contributed by atoms with Crippen LogP contribution in [-0.4, -0.2) is 33.6 Å². The summed E-state index contributed by atoms with van der Waals surface area (Å²) in [5.74, 6) is -0.961. The number of hydrogen-bond acceptors (Lipinski definition) is 3. The molecule has 0 saturated carbocycles. The SMILES string of the molecule is O=C(NCc1ccnc(F)c1)n1c2c(c3cc(Cl)ccc31)CN(CC=Cc1cc(F)cc(Cl)c1)CC2. The number of fused-ring (bicyclic) bond motifs is 3. The van der Waals surface area contributed by atoms with Gasteiger partial charge < -0.3 is 5.32 Å². The molecule has 2 aromatic carbocycles. The summed E-state index contributed by atoms with van der Waals surface area (Å²) in [5.41, 5.74) is 4.08. The van der Waals surface area contributed by atoms with Crippen LogP contribution in [0.3, 0.4) is 0 Å². The lowest BCUT2D eigenvalue weighted by Gasteiger charge is -2.27. The fourth-order valence-electron chi connectivity index (χ4n) is 4.59. The van der Waals surface area contributed by atoms with Gasteiger partial charge in [-0.25, -0.2) is 14.2 Å². The Morgan fingerprint density at radius 3 is 2.75 bits per heavy atom. The molecule has 0 unspecified atom stereocenters. The van der Waals surface area contributed by atoms with Crippen molar-refractivity contribution in [2.45, 2.75) is 19.5 Å². The number of halogens is 4. The third kappa shape index (κ3) is 5.28. The van der Waals surface area contributed by atoms with Crippen molar-refractivity contribution in [2.24, 2.45) is 0 Å². The van der Waals surface area contributed by atoms with Gasteiger partial charge in [-0.05, 0) is 65.2 Å². The summed E-state index contributed by atoms with van der Waals surface area (Å²) in [7, 11) is 0. The number of benzene rings is 2. The molecule has 0 saturated heterocycles. The van der Waals surface area contributed by atoms with Gasteiger partial charge in [-0.1, -0.05) is 35.4 Å². The fraction of sp³-hybridized carbons (Fsp3) is 0.185. The van der Waals surface area contributed by atoms with Crippen LogP contribution in [0.1, 0.15) is 22.4 Å². The summed E-state index contributed by atoms with van der Waals surface area (Å²) in [6.45, 7) is 2.21. The van der Waals surface area contributed by atoms with E-state index >= 15 is 0 Å². The Bertz CT molecular complexity index is 1460. The summed E-state index contributed by atoms with van der Waals surface area (Å²) in [6.07, 6.45) is 5.86. The lowest BCUT2D eigenvalue weighted by molar-refractivity contribution is 0.240. The molecular formula is C27H22Cl2F2N4O. The molecule has 3 heterocycles. The zero-order chi connectivity index (χ0) is 25.2. The molecule has 36 heavy (non-hydrogen) atoms. The zero-order valence-electron chi connectivity index (χ0n) is 19.1. The molecular weight excluding hydrogens is 505 g/mol. The minimum absolute atomic E-state index is 0.182. The monoisotopic (exact) mass is 526 g/mol. The largest absolute Gasteiger partial charge is 0.333 e. The number of carbonyl (C=O) groups is 1. The van der Waals surface area contributed by atoms with E-state index in [4.69, 9.17) is 23.2 Å². The van der Waals surface area contributed by atoms with Gasteiger partial charge in [0.2, 0.25) is 5.95 Å². The zero-order valence-corrected chi connectivity index (χ0v) is 20.7. The van der Waals surface area contributed by atoms with Crippen LogP contribution >= 0.6 is 23.2 Å². The lowest BCUT2D eigenvalue weighted by atomic mass is 10.0. The molecule has 1 aliphatic rings. The van der Waals surface area contributed by atoms with Crippen molar-refractivity contribution in [3.8, 4) is 0 Å². The van der Waals surface area contributed by atoms with Crippen molar-refractivity contribution in [1.29, 1.82) is 0 Å². The quantitative estimate of drug-likeness (QED) is 0.304. The number of amides is 1. The number of pyridine rings is 1. The van der Waals surface area contributed by atoms with E-state index in [0.29, 0.717) is 40.7 Å². The molecule has 0 aliphatic carbocycles. The van der Waals surface area contributed by atoms with Gasteiger partial charge >= 0.3 is 6.03 Å². The first-order chi connectivity index (χ1) is 17.4. The molecule has 0 spiro atoms. The van der Waals surface area contributed by atoms with Gasteiger partial charge in [-0.2, -0.15) is 4.39 Å². The summed E-state index contributed by atoms with van der Waals surface area (Å²) >= 11 is 12.2. The van der Waals surface area contributed by atoms with E-state index in [9.17, 15) is 13.6 Å². The molecule has 2 aromatic heterocycles. The van der Waals surface area contributed by atoms with Crippen molar-refractivity contribution < 1.29 is 13.6 Å². The van der Waals surface area contributed by atoms with Crippen LogP contribution in [0.5, 0.6) is 0 Å². The van der Waals surface area contributed by atoms with Crippen molar-refractivity contribution in [2.75, 3.05) is 13.1 Å². The fourth-order valence-corrected chi connectivity index (χ4v) is 5.00. The van der Waals surface area contributed by atoms with E-state index in [1.54, 1.807) is 22.8 Å². The van der Waals surface area contributed by atoms with Gasteiger partial charge in [-0.15, -0.1) is 0 Å². The van der Waals surface area contributed by atoms with Crippen LogP contribution in [0.25, 0.3) is 17.0 Å². The topological polar surface area (TPSA) is 50.2 Å². The maximum Gasteiger partial charge on any atom is 0.326 e. The van der Waals surface area contributed by atoms with Crippen molar-refractivity contribution in [1.82, 2.24) is 19.8 Å². The number of aromatic nitrogens is 2. The second kappa shape index (κ2) is 10.4. The Labute approximate surface area is 216 Å². The van der Waals surface area contributed by atoms with Gasteiger partial charge in [0.15, 0.2) is 0 Å². The Morgan fingerprint density at radius 2 is 1.94 bits per heavy atom. The standard InChI is InChI=1S/C27H22Cl2F2N4O/c28-19-3-4-24-22(14-19)23-16-34(8-1-2-17-10-20(29)13-21(30)11-17)9-6-25(23)35(24)27(36)33-15-18-5-7-32-26(31)12-18/h1-5,7,10-14H,6,8-9,15-16H2,(H,33,36). The first kappa shape index (κ1) is 24.4. The normalized spacial score (nSPS) is 13.9. The second-order valence-corrected chi connectivity index (χ2v) is 9.53. The Hall–Kier alpha value is -3.26. The minimum Gasteiger partial charge on any atom is -0.333 e. The first-order valence-electron chi connectivity index (χ1n) is 11.4. The molecule has 1 aliphatic heterocycles. The molecule has 0 radical (unpaired) electrons. The number of rotatable bonds is 5. The van der Waals surface area contributed by atoms with Crippen LogP contribution in [0.2, 0.25) is 10.0 Å². The molecule has 5 rings (SSSR count). The Balaban J connectivity index is 1.37. The first-order valence-corrected chi connectivity index (χ1v) is 12.2. The van der Waals surface area contributed by atoms with Gasteiger partial charge in [0.05, 0.1) is 5.52 Å². The highest BCUT2D eigenvalue weighted by Crippen LogP contribution is 2.32. The molecule has 0 atom stereocenters. The highest BCUT2D eigenvalue weighted by atomic mass is 35.5. The van der Waals surface area contributed by atoms with Crippen LogP contribution < -0.4 is 5.32 Å². The highest BCUT2D eigenvalue weighted by molar-refractivity contribution is 6.31. The molecule has 1 N–H and O–H groups in total. The van der Waals surface area contributed by atoms with Gasteiger partial charge in [-0.3, -0.25) is 9.47 Å². The van der Waals surface area contributed by atoms with Crippen molar-refractivity contribution >= 4 is 46.2 Å². The predicted molar refractivity (Wildman–Crippen MR) is 138 cm³/mol. The second-order valence-electron chi connectivity index (χ2n) is 8.66. The maximum atomic E-state index is 13.6. The lowest BCUT2D eigenvalue weighted by Crippen LogP contribution is -2.34. The van der Waals surface area contributed by atoms with Crippen LogP contribution in [0.15, 0.2) is 60.8 Å². The van der Waals surface area contributed by atoms with E-state index in [2.05, 4.69) is 15.2 Å². The van der Waals surface area contributed by atoms with Crippen molar-refractivity contribution in [3.05, 3.63) is 105 Å². The summed E-state index contributed by atoms with van der Waals surface area (Å²) in [6, 6.07) is 12.6.